The fourth-order valence-electron chi connectivity index (χ4n) is 4.02. The summed E-state index contributed by atoms with van der Waals surface area (Å²) in [6.07, 6.45) is -3.12. The van der Waals surface area contributed by atoms with E-state index in [2.05, 4.69) is 0 Å². The van der Waals surface area contributed by atoms with E-state index in [4.69, 9.17) is 13.9 Å². The van der Waals surface area contributed by atoms with Crippen LogP contribution in [0.3, 0.4) is 0 Å². The minimum absolute atomic E-state index is 0.0874. The molecule has 9 heteroatoms. The second-order valence-corrected chi connectivity index (χ2v) is 8.05. The number of ketones is 1. The highest BCUT2D eigenvalue weighted by Crippen LogP contribution is 2.31. The molecular formula is C26H22F3NO5. The molecule has 4 aromatic rings. The molecule has 0 radical (unpaired) electrons. The van der Waals surface area contributed by atoms with Crippen LogP contribution in [0, 0.1) is 13.8 Å². The summed E-state index contributed by atoms with van der Waals surface area (Å²) in [6.45, 7) is 2.83. The molecule has 35 heavy (non-hydrogen) atoms. The van der Waals surface area contributed by atoms with Crippen molar-refractivity contribution in [1.29, 1.82) is 0 Å². The zero-order valence-corrected chi connectivity index (χ0v) is 19.2. The normalized spacial score (nSPS) is 11.6. The van der Waals surface area contributed by atoms with E-state index in [0.717, 1.165) is 17.5 Å². The number of carbonyl (C=O) groups is 2. The first kappa shape index (κ1) is 24.1. The summed E-state index contributed by atoms with van der Waals surface area (Å²) >= 11 is 0. The van der Waals surface area contributed by atoms with Crippen molar-refractivity contribution in [3.05, 3.63) is 82.9 Å². The fraction of sp³-hybridized carbons (Fsp3) is 0.231. The third-order valence-corrected chi connectivity index (χ3v) is 5.73. The standard InChI is InChI=1S/C26H22F3NO5/c1-15-9-22(16(2)30(15)19-6-4-5-18(11-19)26(27,28)29)23(31)14-35-25(32)10-17-13-34-24-12-20(33-3)7-8-21(17)24/h4-9,11-13H,10,14H2,1-3H3. The van der Waals surface area contributed by atoms with Crippen LogP contribution in [0.5, 0.6) is 5.75 Å². The van der Waals surface area contributed by atoms with E-state index >= 15 is 0 Å². The van der Waals surface area contributed by atoms with Crippen LogP contribution in [0.4, 0.5) is 13.2 Å². The van der Waals surface area contributed by atoms with Gasteiger partial charge in [-0.05, 0) is 50.2 Å². The Hall–Kier alpha value is -4.01. The molecule has 0 aliphatic rings. The molecule has 0 aliphatic carbocycles. The maximum atomic E-state index is 13.1. The number of hydrogen-bond donors (Lipinski definition) is 0. The van der Waals surface area contributed by atoms with Crippen LogP contribution >= 0.6 is 0 Å². The van der Waals surface area contributed by atoms with E-state index in [1.165, 1.54) is 25.5 Å². The van der Waals surface area contributed by atoms with Gasteiger partial charge in [-0.1, -0.05) is 6.07 Å². The Labute approximate surface area is 198 Å². The molecule has 0 N–H and O–H groups in total. The van der Waals surface area contributed by atoms with E-state index in [1.807, 2.05) is 0 Å². The zero-order chi connectivity index (χ0) is 25.3. The number of Topliss-reactive ketones (excluding diaryl/α,β-unsaturated/α-hetero) is 1. The van der Waals surface area contributed by atoms with Gasteiger partial charge in [-0.3, -0.25) is 9.59 Å². The average Bonchev–Trinajstić information content (AvgIpc) is 3.36. The van der Waals surface area contributed by atoms with E-state index < -0.39 is 30.1 Å². The largest absolute Gasteiger partial charge is 0.497 e. The Bertz CT molecular complexity index is 1410. The monoisotopic (exact) mass is 485 g/mol. The van der Waals surface area contributed by atoms with Gasteiger partial charge in [-0.25, -0.2) is 0 Å². The molecule has 0 bridgehead atoms. The molecule has 0 unspecified atom stereocenters. The second-order valence-electron chi connectivity index (χ2n) is 8.05. The lowest BCUT2D eigenvalue weighted by Crippen LogP contribution is -2.16. The number of rotatable bonds is 7. The Kier molecular flexibility index (Phi) is 6.43. The lowest BCUT2D eigenvalue weighted by atomic mass is 10.1. The summed E-state index contributed by atoms with van der Waals surface area (Å²) in [5.74, 6) is -0.440. The molecule has 4 rings (SSSR count). The van der Waals surface area contributed by atoms with Gasteiger partial charge in [-0.15, -0.1) is 0 Å². The van der Waals surface area contributed by atoms with Gasteiger partial charge in [0.15, 0.2) is 6.61 Å². The first-order chi connectivity index (χ1) is 16.6. The summed E-state index contributed by atoms with van der Waals surface area (Å²) in [6, 6.07) is 11.7. The quantitative estimate of drug-likeness (QED) is 0.243. The first-order valence-electron chi connectivity index (χ1n) is 10.7. The number of halogens is 3. The number of carbonyl (C=O) groups excluding carboxylic acids is 2. The van der Waals surface area contributed by atoms with Crippen molar-refractivity contribution < 1.29 is 36.7 Å². The Balaban J connectivity index is 1.46. The van der Waals surface area contributed by atoms with Gasteiger partial charge >= 0.3 is 12.1 Å². The summed E-state index contributed by atoms with van der Waals surface area (Å²) < 4.78 is 56.7. The number of ether oxygens (including phenoxy) is 2. The van der Waals surface area contributed by atoms with Crippen molar-refractivity contribution in [1.82, 2.24) is 4.57 Å². The van der Waals surface area contributed by atoms with Gasteiger partial charge in [-0.2, -0.15) is 13.2 Å². The Morgan fingerprint density at radius 1 is 1.06 bits per heavy atom. The van der Waals surface area contributed by atoms with E-state index in [1.54, 1.807) is 42.7 Å². The molecule has 0 aliphatic heterocycles. The summed E-state index contributed by atoms with van der Waals surface area (Å²) in [7, 11) is 1.54. The molecule has 0 fully saturated rings. The fourth-order valence-corrected chi connectivity index (χ4v) is 4.02. The minimum atomic E-state index is -4.48. The zero-order valence-electron chi connectivity index (χ0n) is 19.2. The highest BCUT2D eigenvalue weighted by atomic mass is 19.4. The lowest BCUT2D eigenvalue weighted by molar-refractivity contribution is -0.141. The van der Waals surface area contributed by atoms with Crippen LogP contribution in [0.2, 0.25) is 0 Å². The highest BCUT2D eigenvalue weighted by molar-refractivity contribution is 5.99. The van der Waals surface area contributed by atoms with Gasteiger partial charge < -0.3 is 18.5 Å². The Morgan fingerprint density at radius 2 is 1.83 bits per heavy atom. The van der Waals surface area contributed by atoms with Crippen molar-refractivity contribution in [2.24, 2.45) is 0 Å². The van der Waals surface area contributed by atoms with Gasteiger partial charge in [0.2, 0.25) is 5.78 Å². The van der Waals surface area contributed by atoms with Gasteiger partial charge in [0.25, 0.3) is 0 Å². The number of aromatic nitrogens is 1. The van der Waals surface area contributed by atoms with Crippen LogP contribution in [0.15, 0.2) is 59.2 Å². The third-order valence-electron chi connectivity index (χ3n) is 5.73. The molecule has 0 atom stereocenters. The highest BCUT2D eigenvalue weighted by Gasteiger charge is 2.31. The SMILES string of the molecule is COc1ccc2c(CC(=O)OCC(=O)c3cc(C)n(-c4cccc(C(F)(F)F)c4)c3C)coc2c1. The van der Waals surface area contributed by atoms with Crippen molar-refractivity contribution in [2.45, 2.75) is 26.4 Å². The van der Waals surface area contributed by atoms with Crippen molar-refractivity contribution >= 4 is 22.7 Å². The number of methoxy groups -OCH3 is 1. The predicted octanol–water partition coefficient (Wildman–Crippen LogP) is 5.84. The van der Waals surface area contributed by atoms with E-state index in [-0.39, 0.29) is 17.7 Å². The van der Waals surface area contributed by atoms with Crippen LogP contribution in [-0.2, 0) is 22.1 Å². The second kappa shape index (κ2) is 9.32. The number of fused-ring (bicyclic) bond motifs is 1. The number of furan rings is 1. The average molecular weight is 485 g/mol. The predicted molar refractivity (Wildman–Crippen MR) is 122 cm³/mol. The molecular weight excluding hydrogens is 463 g/mol. The summed E-state index contributed by atoms with van der Waals surface area (Å²) in [5, 5.41) is 0.735. The summed E-state index contributed by atoms with van der Waals surface area (Å²) in [4.78, 5) is 25.1. The van der Waals surface area contributed by atoms with E-state index in [9.17, 15) is 22.8 Å². The van der Waals surface area contributed by atoms with Gasteiger partial charge in [0.05, 0.1) is 25.4 Å². The lowest BCUT2D eigenvalue weighted by Gasteiger charge is -2.13. The van der Waals surface area contributed by atoms with Crippen molar-refractivity contribution in [3.63, 3.8) is 0 Å². The molecule has 6 nitrogen and oxygen atoms in total. The number of nitrogens with zero attached hydrogens (tertiary/aromatic N) is 1. The molecule has 2 aromatic carbocycles. The van der Waals surface area contributed by atoms with Gasteiger partial charge in [0.1, 0.15) is 11.3 Å². The van der Waals surface area contributed by atoms with Gasteiger partial charge in [0, 0.05) is 39.7 Å². The van der Waals surface area contributed by atoms with E-state index in [0.29, 0.717) is 28.3 Å². The van der Waals surface area contributed by atoms with Crippen LogP contribution < -0.4 is 4.74 Å². The topological polar surface area (TPSA) is 70.7 Å². The Morgan fingerprint density at radius 3 is 2.54 bits per heavy atom. The summed E-state index contributed by atoms with van der Waals surface area (Å²) in [5.41, 5.74) is 1.99. The van der Waals surface area contributed by atoms with Crippen LogP contribution in [0.25, 0.3) is 16.7 Å². The molecule has 0 spiro atoms. The van der Waals surface area contributed by atoms with Crippen molar-refractivity contribution in [2.75, 3.05) is 13.7 Å². The molecule has 2 aromatic heterocycles. The van der Waals surface area contributed by atoms with Crippen LogP contribution in [0.1, 0.15) is 32.9 Å². The smallest absolute Gasteiger partial charge is 0.416 e. The third kappa shape index (κ3) is 4.94. The number of hydrogen-bond acceptors (Lipinski definition) is 5. The molecule has 0 saturated heterocycles. The maximum Gasteiger partial charge on any atom is 0.416 e. The number of esters is 1. The molecule has 2 heterocycles. The van der Waals surface area contributed by atoms with Crippen molar-refractivity contribution in [3.8, 4) is 11.4 Å². The molecule has 0 saturated carbocycles. The number of benzene rings is 2. The molecule has 182 valence electrons. The maximum absolute atomic E-state index is 13.1. The number of aryl methyl sites for hydroxylation is 1. The first-order valence-corrected chi connectivity index (χ1v) is 10.7. The molecule has 0 amide bonds. The van der Waals surface area contributed by atoms with Crippen LogP contribution in [-0.4, -0.2) is 30.0 Å². The number of alkyl halides is 3. The minimum Gasteiger partial charge on any atom is -0.497 e.